The maximum Gasteiger partial charge on any atom is 0.260 e. The highest BCUT2D eigenvalue weighted by Crippen LogP contribution is 2.38. The van der Waals surface area contributed by atoms with Gasteiger partial charge in [0.2, 0.25) is 0 Å². The molecule has 1 atom stereocenters. The Bertz CT molecular complexity index is 706. The molecule has 2 saturated heterocycles. The van der Waals surface area contributed by atoms with E-state index in [0.29, 0.717) is 0 Å². The molecule has 2 fully saturated rings. The zero-order valence-corrected chi connectivity index (χ0v) is 18.9. The van der Waals surface area contributed by atoms with Crippen LogP contribution in [0.25, 0.3) is 0 Å². The Hall–Kier alpha value is -1.59. The second kappa shape index (κ2) is 9.69. The van der Waals surface area contributed by atoms with Crippen molar-refractivity contribution in [3.05, 3.63) is 29.8 Å². The van der Waals surface area contributed by atoms with E-state index in [1.165, 1.54) is 76.7 Å². The number of carbonyl (C=O) groups is 1. The predicted molar refractivity (Wildman–Crippen MR) is 121 cm³/mol. The summed E-state index contributed by atoms with van der Waals surface area (Å²) in [4.78, 5) is 17.9. The molecule has 30 heavy (non-hydrogen) atoms. The molecule has 0 aromatic heterocycles. The lowest BCUT2D eigenvalue weighted by atomic mass is 9.73. The standard InChI is InChI=1S/C25H39N3O2/c1-20-24(29)26-19-25(12-6-5-8-21-7-3-4-9-23(21)30-20)13-17-28(18-14-25)22-10-15-27(2)16-11-22/h3-4,7,9,20,22H,5-6,8,10-19H2,1-2H3,(H,26,29)/t20-/m1/s1. The molecule has 0 saturated carbocycles. The van der Waals surface area contributed by atoms with Gasteiger partial charge in [0.05, 0.1) is 0 Å². The maximum atomic E-state index is 12.8. The van der Waals surface area contributed by atoms with Crippen LogP contribution in [0, 0.1) is 5.41 Å². The number of nitrogens with zero attached hydrogens (tertiary/aromatic N) is 2. The van der Waals surface area contributed by atoms with Crippen LogP contribution in [0.3, 0.4) is 0 Å². The van der Waals surface area contributed by atoms with E-state index in [-0.39, 0.29) is 11.3 Å². The molecule has 1 aromatic rings. The first-order chi connectivity index (χ1) is 14.5. The van der Waals surface area contributed by atoms with Crippen molar-refractivity contribution in [2.75, 3.05) is 39.8 Å². The molecule has 0 bridgehead atoms. The molecule has 3 heterocycles. The largest absolute Gasteiger partial charge is 0.481 e. The van der Waals surface area contributed by atoms with Crippen molar-refractivity contribution in [2.45, 2.75) is 70.4 Å². The number of hydrogen-bond donors (Lipinski definition) is 1. The third-order valence-corrected chi connectivity index (χ3v) is 7.75. The predicted octanol–water partition coefficient (Wildman–Crippen LogP) is 3.47. The van der Waals surface area contributed by atoms with Gasteiger partial charge in [0.1, 0.15) is 5.75 Å². The lowest BCUT2D eigenvalue weighted by Gasteiger charge is -2.46. The van der Waals surface area contributed by atoms with Crippen molar-refractivity contribution in [3.8, 4) is 5.75 Å². The summed E-state index contributed by atoms with van der Waals surface area (Å²) in [6.45, 7) is 7.47. The normalized spacial score (nSPS) is 27.4. The van der Waals surface area contributed by atoms with E-state index in [4.69, 9.17) is 4.74 Å². The highest BCUT2D eigenvalue weighted by molar-refractivity contribution is 5.80. The fourth-order valence-corrected chi connectivity index (χ4v) is 5.54. The number of fused-ring (bicyclic) bond motifs is 1. The van der Waals surface area contributed by atoms with E-state index in [9.17, 15) is 4.79 Å². The first-order valence-corrected chi connectivity index (χ1v) is 12.0. The van der Waals surface area contributed by atoms with Gasteiger partial charge in [-0.15, -0.1) is 0 Å². The molecular formula is C25H39N3O2. The Balaban J connectivity index is 1.39. The van der Waals surface area contributed by atoms with Crippen LogP contribution in [0.1, 0.15) is 57.4 Å². The van der Waals surface area contributed by atoms with Crippen LogP contribution in [-0.2, 0) is 11.2 Å². The second-order valence-corrected chi connectivity index (χ2v) is 9.86. The lowest BCUT2D eigenvalue weighted by Crippen LogP contribution is -2.52. The summed E-state index contributed by atoms with van der Waals surface area (Å²) in [7, 11) is 2.23. The van der Waals surface area contributed by atoms with E-state index in [1.54, 1.807) is 0 Å². The van der Waals surface area contributed by atoms with Gasteiger partial charge in [-0.2, -0.15) is 0 Å². The molecule has 3 aliphatic rings. The van der Waals surface area contributed by atoms with E-state index < -0.39 is 6.10 Å². The van der Waals surface area contributed by atoms with Gasteiger partial charge < -0.3 is 19.9 Å². The van der Waals surface area contributed by atoms with Crippen LogP contribution in [0.2, 0.25) is 0 Å². The number of benzene rings is 1. The van der Waals surface area contributed by atoms with Crippen LogP contribution in [-0.4, -0.2) is 67.6 Å². The van der Waals surface area contributed by atoms with Crippen LogP contribution in [0.4, 0.5) is 0 Å². The van der Waals surface area contributed by atoms with E-state index in [2.05, 4.69) is 34.3 Å². The minimum atomic E-state index is -0.457. The van der Waals surface area contributed by atoms with Gasteiger partial charge in [-0.1, -0.05) is 24.6 Å². The summed E-state index contributed by atoms with van der Waals surface area (Å²) in [6, 6.07) is 8.94. The van der Waals surface area contributed by atoms with Crippen molar-refractivity contribution >= 4 is 5.91 Å². The summed E-state index contributed by atoms with van der Waals surface area (Å²) < 4.78 is 6.04. The first-order valence-electron chi connectivity index (χ1n) is 12.0. The number of aryl methyl sites for hydroxylation is 1. The summed E-state index contributed by atoms with van der Waals surface area (Å²) >= 11 is 0. The molecular weight excluding hydrogens is 374 g/mol. The van der Waals surface area contributed by atoms with Crippen molar-refractivity contribution in [1.82, 2.24) is 15.1 Å². The Labute approximate surface area is 182 Å². The number of rotatable bonds is 1. The molecule has 5 heteroatoms. The van der Waals surface area contributed by atoms with Gasteiger partial charge in [0.25, 0.3) is 5.91 Å². The Morgan fingerprint density at radius 2 is 1.77 bits per heavy atom. The van der Waals surface area contributed by atoms with Crippen LogP contribution in [0.5, 0.6) is 5.75 Å². The average molecular weight is 414 g/mol. The van der Waals surface area contributed by atoms with Gasteiger partial charge in [-0.3, -0.25) is 4.79 Å². The summed E-state index contributed by atoms with van der Waals surface area (Å²) in [5.41, 5.74) is 1.47. The molecule has 166 valence electrons. The van der Waals surface area contributed by atoms with Crippen molar-refractivity contribution < 1.29 is 9.53 Å². The van der Waals surface area contributed by atoms with E-state index in [1.807, 2.05) is 19.1 Å². The molecule has 1 N–H and O–H groups in total. The monoisotopic (exact) mass is 413 g/mol. The number of para-hydroxylation sites is 1. The van der Waals surface area contributed by atoms with Gasteiger partial charge >= 0.3 is 0 Å². The van der Waals surface area contributed by atoms with Crippen LogP contribution in [0.15, 0.2) is 24.3 Å². The summed E-state index contributed by atoms with van der Waals surface area (Å²) in [5.74, 6) is 0.879. The number of amides is 1. The lowest BCUT2D eigenvalue weighted by molar-refractivity contribution is -0.128. The fraction of sp³-hybridized carbons (Fsp3) is 0.720. The second-order valence-electron chi connectivity index (χ2n) is 9.86. The number of ether oxygens (including phenoxy) is 1. The molecule has 1 amide bonds. The average Bonchev–Trinajstić information content (AvgIpc) is 2.77. The summed E-state index contributed by atoms with van der Waals surface area (Å²) in [6.07, 6.45) is 9.19. The summed E-state index contributed by atoms with van der Waals surface area (Å²) in [5, 5.41) is 3.25. The zero-order valence-electron chi connectivity index (χ0n) is 18.9. The molecule has 0 unspecified atom stereocenters. The highest BCUT2D eigenvalue weighted by atomic mass is 16.5. The molecule has 3 aliphatic heterocycles. The number of hydrogen-bond acceptors (Lipinski definition) is 4. The maximum absolute atomic E-state index is 12.8. The minimum Gasteiger partial charge on any atom is -0.481 e. The number of nitrogens with one attached hydrogen (secondary N) is 1. The van der Waals surface area contributed by atoms with Gasteiger partial charge in [-0.05, 0) is 102 Å². The van der Waals surface area contributed by atoms with Crippen molar-refractivity contribution in [3.63, 3.8) is 0 Å². The Morgan fingerprint density at radius 3 is 2.53 bits per heavy atom. The zero-order chi connectivity index (χ0) is 21.0. The number of piperidine rings is 2. The van der Waals surface area contributed by atoms with Gasteiger partial charge in [0, 0.05) is 12.6 Å². The van der Waals surface area contributed by atoms with Gasteiger partial charge in [0.15, 0.2) is 6.10 Å². The smallest absolute Gasteiger partial charge is 0.260 e. The highest BCUT2D eigenvalue weighted by Gasteiger charge is 2.37. The quantitative estimate of drug-likeness (QED) is 0.766. The van der Waals surface area contributed by atoms with E-state index >= 15 is 0 Å². The van der Waals surface area contributed by atoms with Crippen molar-refractivity contribution in [1.29, 1.82) is 0 Å². The fourth-order valence-electron chi connectivity index (χ4n) is 5.54. The van der Waals surface area contributed by atoms with Gasteiger partial charge in [-0.25, -0.2) is 0 Å². The molecule has 4 rings (SSSR count). The van der Waals surface area contributed by atoms with Crippen LogP contribution < -0.4 is 10.1 Å². The Morgan fingerprint density at radius 1 is 1.03 bits per heavy atom. The third kappa shape index (κ3) is 5.17. The molecule has 0 aliphatic carbocycles. The molecule has 1 spiro atoms. The third-order valence-electron chi connectivity index (χ3n) is 7.75. The number of likely N-dealkylation sites (tertiary alicyclic amines) is 2. The molecule has 1 aromatic carbocycles. The van der Waals surface area contributed by atoms with Crippen LogP contribution >= 0.6 is 0 Å². The van der Waals surface area contributed by atoms with Crippen molar-refractivity contribution in [2.24, 2.45) is 5.41 Å². The van der Waals surface area contributed by atoms with E-state index in [0.717, 1.165) is 24.8 Å². The number of carbonyl (C=O) groups excluding carboxylic acids is 1. The molecule has 5 nitrogen and oxygen atoms in total. The molecule has 0 radical (unpaired) electrons. The SMILES string of the molecule is C[C@H]1Oc2ccccc2CCCCC2(CCN(C3CCN(C)CC3)CC2)CNC1=O. The first kappa shape index (κ1) is 21.6. The minimum absolute atomic E-state index is 0.0162. The topological polar surface area (TPSA) is 44.8 Å². The Kier molecular flexibility index (Phi) is 6.99.